The van der Waals surface area contributed by atoms with Crippen molar-refractivity contribution in [2.24, 2.45) is 0 Å². The van der Waals surface area contributed by atoms with Crippen LogP contribution in [0, 0.1) is 6.92 Å². The lowest BCUT2D eigenvalue weighted by Crippen LogP contribution is -1.90. The Morgan fingerprint density at radius 2 is 2.33 bits per heavy atom. The summed E-state index contributed by atoms with van der Waals surface area (Å²) in [6.45, 7) is 1.43. The van der Waals surface area contributed by atoms with Crippen molar-refractivity contribution in [2.75, 3.05) is 0 Å². The molecule has 0 aliphatic heterocycles. The molecule has 0 saturated heterocycles. The zero-order chi connectivity index (χ0) is 8.55. The van der Waals surface area contributed by atoms with E-state index in [1.54, 1.807) is 6.20 Å². The van der Waals surface area contributed by atoms with E-state index in [0.717, 1.165) is 16.5 Å². The van der Waals surface area contributed by atoms with Gasteiger partial charge in [0.15, 0.2) is 6.80 Å². The second kappa shape index (κ2) is 2.59. The highest BCUT2D eigenvalue weighted by molar-refractivity contribution is 5.81. The summed E-state index contributed by atoms with van der Waals surface area (Å²) in [5, 5.41) is 5.06. The van der Waals surface area contributed by atoms with Crippen LogP contribution < -0.4 is 0 Å². The van der Waals surface area contributed by atoms with Crippen LogP contribution in [-0.4, -0.2) is 9.78 Å². The van der Waals surface area contributed by atoms with E-state index in [2.05, 4.69) is 5.10 Å². The summed E-state index contributed by atoms with van der Waals surface area (Å²) >= 11 is 0. The Labute approximate surface area is 69.6 Å². The maximum atomic E-state index is 12.2. The molecule has 12 heavy (non-hydrogen) atoms. The molecular formula is C9H9FN2. The fourth-order valence-electron chi connectivity index (χ4n) is 1.30. The largest absolute Gasteiger partial charge is 0.241 e. The predicted octanol–water partition coefficient (Wildman–Crippen LogP) is 2.27. The van der Waals surface area contributed by atoms with E-state index in [4.69, 9.17) is 0 Å². The molecule has 0 N–H and O–H groups in total. The van der Waals surface area contributed by atoms with E-state index in [1.807, 2.05) is 25.1 Å². The Morgan fingerprint density at radius 3 is 3.00 bits per heavy atom. The molecule has 0 aliphatic carbocycles. The van der Waals surface area contributed by atoms with E-state index in [1.165, 1.54) is 4.68 Å². The topological polar surface area (TPSA) is 17.8 Å². The molecule has 0 aliphatic rings. The molecule has 0 atom stereocenters. The molecule has 62 valence electrons. The Kier molecular flexibility index (Phi) is 1.57. The van der Waals surface area contributed by atoms with Crippen LogP contribution in [0.25, 0.3) is 10.9 Å². The van der Waals surface area contributed by atoms with Crippen molar-refractivity contribution in [3.63, 3.8) is 0 Å². The Morgan fingerprint density at radius 1 is 1.50 bits per heavy atom. The Balaban J connectivity index is 2.74. The lowest BCUT2D eigenvalue weighted by Gasteiger charge is -1.90. The van der Waals surface area contributed by atoms with Gasteiger partial charge < -0.3 is 0 Å². The number of fused-ring (bicyclic) bond motifs is 1. The van der Waals surface area contributed by atoms with Gasteiger partial charge in [-0.15, -0.1) is 0 Å². The molecule has 0 radical (unpaired) electrons. The van der Waals surface area contributed by atoms with Gasteiger partial charge in [0.25, 0.3) is 0 Å². The SMILES string of the molecule is Cc1cccc2nn(CF)cc12. The van der Waals surface area contributed by atoms with E-state index in [0.29, 0.717) is 0 Å². The Bertz CT molecular complexity index is 406. The summed E-state index contributed by atoms with van der Waals surface area (Å²) < 4.78 is 13.5. The van der Waals surface area contributed by atoms with E-state index >= 15 is 0 Å². The maximum Gasteiger partial charge on any atom is 0.181 e. The first-order valence-electron chi connectivity index (χ1n) is 3.80. The number of aromatic nitrogens is 2. The molecular weight excluding hydrogens is 155 g/mol. The number of hydrogen-bond donors (Lipinski definition) is 0. The van der Waals surface area contributed by atoms with Crippen molar-refractivity contribution < 1.29 is 4.39 Å². The summed E-state index contributed by atoms with van der Waals surface area (Å²) in [4.78, 5) is 0. The van der Waals surface area contributed by atoms with Crippen molar-refractivity contribution in [3.05, 3.63) is 30.0 Å². The van der Waals surface area contributed by atoms with E-state index < -0.39 is 6.80 Å². The van der Waals surface area contributed by atoms with Gasteiger partial charge in [-0.05, 0) is 18.6 Å². The van der Waals surface area contributed by atoms with E-state index in [9.17, 15) is 4.39 Å². The minimum atomic E-state index is -0.561. The second-order valence-electron chi connectivity index (χ2n) is 2.80. The average Bonchev–Trinajstić information content (AvgIpc) is 2.49. The van der Waals surface area contributed by atoms with Crippen LogP contribution in [0.4, 0.5) is 4.39 Å². The van der Waals surface area contributed by atoms with Gasteiger partial charge in [0.05, 0.1) is 5.52 Å². The summed E-state index contributed by atoms with van der Waals surface area (Å²) in [5.74, 6) is 0. The van der Waals surface area contributed by atoms with Gasteiger partial charge in [-0.25, -0.2) is 9.07 Å². The molecule has 1 heterocycles. The highest BCUT2D eigenvalue weighted by atomic mass is 19.1. The van der Waals surface area contributed by atoms with Crippen molar-refractivity contribution in [1.29, 1.82) is 0 Å². The average molecular weight is 164 g/mol. The van der Waals surface area contributed by atoms with Gasteiger partial charge in [0, 0.05) is 11.6 Å². The lowest BCUT2D eigenvalue weighted by atomic mass is 10.1. The quantitative estimate of drug-likeness (QED) is 0.632. The summed E-state index contributed by atoms with van der Waals surface area (Å²) in [7, 11) is 0. The molecule has 0 unspecified atom stereocenters. The molecule has 2 rings (SSSR count). The van der Waals surface area contributed by atoms with Gasteiger partial charge in [-0.2, -0.15) is 5.10 Å². The number of nitrogens with zero attached hydrogens (tertiary/aromatic N) is 2. The zero-order valence-electron chi connectivity index (χ0n) is 6.79. The van der Waals surface area contributed by atoms with Crippen LogP contribution in [0.1, 0.15) is 5.56 Å². The van der Waals surface area contributed by atoms with Gasteiger partial charge >= 0.3 is 0 Å². The minimum Gasteiger partial charge on any atom is -0.241 e. The van der Waals surface area contributed by atoms with Gasteiger partial charge in [-0.3, -0.25) is 0 Å². The summed E-state index contributed by atoms with van der Waals surface area (Å²) in [6, 6.07) is 5.80. The first kappa shape index (κ1) is 7.28. The highest BCUT2D eigenvalue weighted by Gasteiger charge is 2.00. The fraction of sp³-hybridized carbons (Fsp3) is 0.222. The predicted molar refractivity (Wildman–Crippen MR) is 45.6 cm³/mol. The third kappa shape index (κ3) is 0.978. The van der Waals surface area contributed by atoms with Crippen LogP contribution >= 0.6 is 0 Å². The number of rotatable bonds is 1. The zero-order valence-corrected chi connectivity index (χ0v) is 6.79. The molecule has 1 aromatic heterocycles. The summed E-state index contributed by atoms with van der Waals surface area (Å²) in [5.41, 5.74) is 1.99. The van der Waals surface area contributed by atoms with Crippen LogP contribution in [-0.2, 0) is 6.80 Å². The van der Waals surface area contributed by atoms with Gasteiger partial charge in [-0.1, -0.05) is 12.1 Å². The lowest BCUT2D eigenvalue weighted by molar-refractivity contribution is 0.351. The Hall–Kier alpha value is -1.38. The third-order valence-corrected chi connectivity index (χ3v) is 1.94. The highest BCUT2D eigenvalue weighted by Crippen LogP contribution is 2.15. The normalized spacial score (nSPS) is 10.8. The number of aryl methyl sites for hydroxylation is 1. The fourth-order valence-corrected chi connectivity index (χ4v) is 1.30. The van der Waals surface area contributed by atoms with Crippen LogP contribution in [0.5, 0.6) is 0 Å². The monoisotopic (exact) mass is 164 g/mol. The van der Waals surface area contributed by atoms with Crippen molar-refractivity contribution in [3.8, 4) is 0 Å². The van der Waals surface area contributed by atoms with Crippen LogP contribution in [0.15, 0.2) is 24.4 Å². The number of halogens is 1. The molecule has 0 bridgehead atoms. The molecule has 0 saturated carbocycles. The van der Waals surface area contributed by atoms with E-state index in [-0.39, 0.29) is 0 Å². The van der Waals surface area contributed by atoms with Crippen molar-refractivity contribution >= 4 is 10.9 Å². The first-order valence-corrected chi connectivity index (χ1v) is 3.80. The van der Waals surface area contributed by atoms with Crippen molar-refractivity contribution in [2.45, 2.75) is 13.7 Å². The smallest absolute Gasteiger partial charge is 0.181 e. The first-order chi connectivity index (χ1) is 5.81. The van der Waals surface area contributed by atoms with Crippen LogP contribution in [0.2, 0.25) is 0 Å². The molecule has 3 heteroatoms. The third-order valence-electron chi connectivity index (χ3n) is 1.94. The molecule has 0 amide bonds. The molecule has 2 aromatic rings. The molecule has 2 nitrogen and oxygen atoms in total. The number of benzene rings is 1. The molecule has 0 spiro atoms. The van der Waals surface area contributed by atoms with Gasteiger partial charge in [0.2, 0.25) is 0 Å². The number of hydrogen-bond acceptors (Lipinski definition) is 1. The standard InChI is InChI=1S/C9H9FN2/c1-7-3-2-4-9-8(7)5-12(6-10)11-9/h2-5H,6H2,1H3. The molecule has 0 fully saturated rings. The second-order valence-corrected chi connectivity index (χ2v) is 2.80. The maximum absolute atomic E-state index is 12.2. The minimum absolute atomic E-state index is 0.561. The number of alkyl halides is 1. The van der Waals surface area contributed by atoms with Crippen molar-refractivity contribution in [1.82, 2.24) is 9.78 Å². The van der Waals surface area contributed by atoms with Crippen LogP contribution in [0.3, 0.4) is 0 Å². The molecule has 1 aromatic carbocycles. The van der Waals surface area contributed by atoms with Gasteiger partial charge in [0.1, 0.15) is 0 Å². The summed E-state index contributed by atoms with van der Waals surface area (Å²) in [6.07, 6.45) is 1.73.